The van der Waals surface area contributed by atoms with Crippen LogP contribution in [0.25, 0.3) is 9.88 Å². The molecule has 1 aromatic carbocycles. The normalized spacial score (nSPS) is 11.9. The summed E-state index contributed by atoms with van der Waals surface area (Å²) in [5.74, 6) is 0.554. The van der Waals surface area contributed by atoms with Gasteiger partial charge in [-0.25, -0.2) is 4.98 Å². The first-order valence-electron chi connectivity index (χ1n) is 7.63. The molecule has 0 aliphatic carbocycles. The Balaban J connectivity index is 1.58. The number of thiazole rings is 1. The third-order valence-electron chi connectivity index (χ3n) is 3.47. The Morgan fingerprint density at radius 1 is 1.25 bits per heavy atom. The van der Waals surface area contributed by atoms with Gasteiger partial charge in [0, 0.05) is 4.88 Å². The first-order valence-corrected chi connectivity index (χ1v) is 9.32. The highest BCUT2D eigenvalue weighted by molar-refractivity contribution is 7.21. The summed E-state index contributed by atoms with van der Waals surface area (Å²) in [5.41, 5.74) is 0.959. The van der Waals surface area contributed by atoms with Crippen molar-refractivity contribution in [3.63, 3.8) is 0 Å². The van der Waals surface area contributed by atoms with E-state index >= 15 is 0 Å². The molecule has 2 aromatic heterocycles. The Morgan fingerprint density at radius 2 is 2.04 bits per heavy atom. The van der Waals surface area contributed by atoms with E-state index in [1.165, 1.54) is 0 Å². The summed E-state index contributed by atoms with van der Waals surface area (Å²) in [4.78, 5) is 19.0. The van der Waals surface area contributed by atoms with Gasteiger partial charge in [0.15, 0.2) is 6.10 Å². The molecule has 1 unspecified atom stereocenters. The fraction of sp³-hybridized carbons (Fsp3) is 0.222. The minimum Gasteiger partial charge on any atom is -0.481 e. The maximum atomic E-state index is 12.2. The number of thiophene rings is 1. The van der Waals surface area contributed by atoms with Gasteiger partial charge < -0.3 is 10.1 Å². The number of benzene rings is 1. The van der Waals surface area contributed by atoms with Crippen LogP contribution in [0.5, 0.6) is 5.75 Å². The lowest BCUT2D eigenvalue weighted by Crippen LogP contribution is -2.35. The molecule has 0 aliphatic rings. The van der Waals surface area contributed by atoms with E-state index < -0.39 is 6.10 Å². The van der Waals surface area contributed by atoms with E-state index in [4.69, 9.17) is 4.74 Å². The smallest absolute Gasteiger partial charge is 0.261 e. The van der Waals surface area contributed by atoms with E-state index in [1.807, 2.05) is 48.7 Å². The Labute approximate surface area is 149 Å². The molecule has 0 bridgehead atoms. The second kappa shape index (κ2) is 7.59. The van der Waals surface area contributed by atoms with Crippen LogP contribution in [0.1, 0.15) is 17.5 Å². The van der Waals surface area contributed by atoms with Crippen molar-refractivity contribution in [3.05, 3.63) is 58.4 Å². The van der Waals surface area contributed by atoms with Crippen LogP contribution in [0, 0.1) is 6.92 Å². The van der Waals surface area contributed by atoms with Gasteiger partial charge in [-0.2, -0.15) is 0 Å². The summed E-state index contributed by atoms with van der Waals surface area (Å²) in [6, 6.07) is 13.4. The van der Waals surface area contributed by atoms with E-state index in [9.17, 15) is 4.79 Å². The number of hydrogen-bond donors (Lipinski definition) is 1. The monoisotopic (exact) mass is 358 g/mol. The van der Waals surface area contributed by atoms with Crippen LogP contribution in [-0.4, -0.2) is 17.0 Å². The Kier molecular flexibility index (Phi) is 5.27. The number of carbonyl (C=O) groups is 1. The Morgan fingerprint density at radius 3 is 2.75 bits per heavy atom. The molecule has 2 heterocycles. The van der Waals surface area contributed by atoms with Gasteiger partial charge in [0.25, 0.3) is 5.91 Å². The number of aryl methyl sites for hydroxylation is 1. The lowest BCUT2D eigenvalue weighted by atomic mass is 10.3. The van der Waals surface area contributed by atoms with E-state index in [0.717, 1.165) is 20.5 Å². The summed E-state index contributed by atoms with van der Waals surface area (Å²) in [7, 11) is 0. The highest BCUT2D eigenvalue weighted by Gasteiger charge is 2.16. The molecule has 4 nitrogen and oxygen atoms in total. The molecule has 1 amide bonds. The van der Waals surface area contributed by atoms with Gasteiger partial charge in [0.1, 0.15) is 10.8 Å². The molecular weight excluding hydrogens is 340 g/mol. The average Bonchev–Trinajstić information content (AvgIpc) is 3.23. The van der Waals surface area contributed by atoms with Crippen molar-refractivity contribution in [1.29, 1.82) is 0 Å². The standard InChI is InChI=1S/C18H18N2O2S2/c1-12-16(24-18(20-12)15-9-6-10-23-15)11-19-17(21)13(2)22-14-7-4-3-5-8-14/h3-10,13H,11H2,1-2H3,(H,19,21). The Bertz CT molecular complexity index is 798. The third-order valence-corrected chi connectivity index (χ3v) is 5.67. The largest absolute Gasteiger partial charge is 0.481 e. The molecule has 3 rings (SSSR count). The van der Waals surface area contributed by atoms with Crippen LogP contribution in [0.3, 0.4) is 0 Å². The minimum atomic E-state index is -0.544. The molecule has 0 fully saturated rings. The predicted octanol–water partition coefficient (Wildman–Crippen LogP) is 4.26. The van der Waals surface area contributed by atoms with Gasteiger partial charge in [-0.15, -0.1) is 22.7 Å². The maximum absolute atomic E-state index is 12.2. The van der Waals surface area contributed by atoms with Crippen LogP contribution in [0.2, 0.25) is 0 Å². The molecule has 3 aromatic rings. The molecular formula is C18H18N2O2S2. The number of carbonyl (C=O) groups excluding carboxylic acids is 1. The second-order valence-electron chi connectivity index (χ2n) is 5.30. The van der Waals surface area contributed by atoms with Crippen LogP contribution in [0.15, 0.2) is 47.8 Å². The Hall–Kier alpha value is -2.18. The fourth-order valence-electron chi connectivity index (χ4n) is 2.17. The van der Waals surface area contributed by atoms with Gasteiger partial charge in [-0.1, -0.05) is 24.3 Å². The topological polar surface area (TPSA) is 51.2 Å². The van der Waals surface area contributed by atoms with Gasteiger partial charge in [-0.3, -0.25) is 4.79 Å². The van der Waals surface area contributed by atoms with Crippen molar-refractivity contribution in [3.8, 4) is 15.6 Å². The van der Waals surface area contributed by atoms with Gasteiger partial charge in [0.2, 0.25) is 0 Å². The van der Waals surface area contributed by atoms with Crippen LogP contribution in [-0.2, 0) is 11.3 Å². The van der Waals surface area contributed by atoms with Crippen LogP contribution in [0.4, 0.5) is 0 Å². The lowest BCUT2D eigenvalue weighted by Gasteiger charge is -2.14. The van der Waals surface area contributed by atoms with E-state index in [2.05, 4.69) is 16.4 Å². The first-order chi connectivity index (χ1) is 11.6. The molecule has 0 aliphatic heterocycles. The molecule has 0 radical (unpaired) electrons. The lowest BCUT2D eigenvalue weighted by molar-refractivity contribution is -0.127. The zero-order valence-corrected chi connectivity index (χ0v) is 15.1. The van der Waals surface area contributed by atoms with Crippen LogP contribution >= 0.6 is 22.7 Å². The number of ether oxygens (including phenoxy) is 1. The zero-order valence-electron chi connectivity index (χ0n) is 13.5. The van der Waals surface area contributed by atoms with E-state index in [0.29, 0.717) is 12.3 Å². The molecule has 24 heavy (non-hydrogen) atoms. The van der Waals surface area contributed by atoms with Gasteiger partial charge >= 0.3 is 0 Å². The predicted molar refractivity (Wildman–Crippen MR) is 98.5 cm³/mol. The second-order valence-corrected chi connectivity index (χ2v) is 7.33. The number of amides is 1. The summed E-state index contributed by atoms with van der Waals surface area (Å²) in [6.07, 6.45) is -0.544. The molecule has 0 saturated heterocycles. The van der Waals surface area contributed by atoms with Crippen molar-refractivity contribution in [2.45, 2.75) is 26.5 Å². The molecule has 0 saturated carbocycles. The minimum absolute atomic E-state index is 0.135. The summed E-state index contributed by atoms with van der Waals surface area (Å²) in [5, 5.41) is 5.97. The van der Waals surface area contributed by atoms with Gasteiger partial charge in [-0.05, 0) is 37.4 Å². The molecule has 0 spiro atoms. The van der Waals surface area contributed by atoms with E-state index in [-0.39, 0.29) is 5.91 Å². The summed E-state index contributed by atoms with van der Waals surface area (Å²) in [6.45, 7) is 4.19. The SMILES string of the molecule is Cc1nc(-c2cccs2)sc1CNC(=O)C(C)Oc1ccccc1. The maximum Gasteiger partial charge on any atom is 0.261 e. The highest BCUT2D eigenvalue weighted by atomic mass is 32.1. The fourth-order valence-corrected chi connectivity index (χ4v) is 3.96. The van der Waals surface area contributed by atoms with Crippen molar-refractivity contribution in [2.75, 3.05) is 0 Å². The third kappa shape index (κ3) is 4.01. The van der Waals surface area contributed by atoms with E-state index in [1.54, 1.807) is 29.6 Å². The number of para-hydroxylation sites is 1. The molecule has 1 N–H and O–H groups in total. The first kappa shape index (κ1) is 16.7. The summed E-state index contributed by atoms with van der Waals surface area (Å²) < 4.78 is 5.64. The summed E-state index contributed by atoms with van der Waals surface area (Å²) >= 11 is 3.29. The van der Waals surface area contributed by atoms with Gasteiger partial charge in [0.05, 0.1) is 17.1 Å². The van der Waals surface area contributed by atoms with Crippen molar-refractivity contribution in [1.82, 2.24) is 10.3 Å². The highest BCUT2D eigenvalue weighted by Crippen LogP contribution is 2.30. The number of hydrogen-bond acceptors (Lipinski definition) is 5. The van der Waals surface area contributed by atoms with Crippen molar-refractivity contribution in [2.24, 2.45) is 0 Å². The number of nitrogens with zero attached hydrogens (tertiary/aromatic N) is 1. The van der Waals surface area contributed by atoms with Crippen molar-refractivity contribution < 1.29 is 9.53 Å². The number of aromatic nitrogens is 1. The zero-order chi connectivity index (χ0) is 16.9. The molecule has 6 heteroatoms. The van der Waals surface area contributed by atoms with Crippen LogP contribution < -0.4 is 10.1 Å². The average molecular weight is 358 g/mol. The molecule has 124 valence electrons. The molecule has 1 atom stereocenters. The van der Waals surface area contributed by atoms with Crippen molar-refractivity contribution >= 4 is 28.6 Å². The number of nitrogens with one attached hydrogen (secondary N) is 1. The number of rotatable bonds is 6. The quantitative estimate of drug-likeness (QED) is 0.716.